The smallest absolute Gasteiger partial charge is 0.260 e. The van der Waals surface area contributed by atoms with Gasteiger partial charge in [-0.3, -0.25) is 19.8 Å². The van der Waals surface area contributed by atoms with Gasteiger partial charge in [-0.15, -0.1) is 11.3 Å². The Hall–Kier alpha value is -2.23. The average molecular weight is 461 g/mol. The van der Waals surface area contributed by atoms with E-state index < -0.39 is 0 Å². The van der Waals surface area contributed by atoms with E-state index in [0.29, 0.717) is 28.1 Å². The zero-order chi connectivity index (χ0) is 22.7. The van der Waals surface area contributed by atoms with Gasteiger partial charge in [0.05, 0.1) is 36.1 Å². The van der Waals surface area contributed by atoms with E-state index in [-0.39, 0.29) is 30.4 Å². The summed E-state index contributed by atoms with van der Waals surface area (Å²) in [4.78, 5) is 34.0. The van der Waals surface area contributed by atoms with E-state index in [2.05, 4.69) is 29.0 Å². The van der Waals surface area contributed by atoms with Crippen molar-refractivity contribution in [1.82, 2.24) is 14.8 Å². The molecule has 2 atom stereocenters. The summed E-state index contributed by atoms with van der Waals surface area (Å²) >= 11 is 1.33. The first-order valence-electron chi connectivity index (χ1n) is 11.3. The first-order chi connectivity index (χ1) is 15.4. The second-order valence-electron chi connectivity index (χ2n) is 8.97. The third-order valence-corrected chi connectivity index (χ3v) is 6.99. The number of amides is 2. The van der Waals surface area contributed by atoms with Crippen molar-refractivity contribution in [2.24, 2.45) is 5.92 Å². The largest absolute Gasteiger partial charge is 0.469 e. The minimum Gasteiger partial charge on any atom is -0.469 e. The number of anilines is 1. The zero-order valence-corrected chi connectivity index (χ0v) is 19.8. The summed E-state index contributed by atoms with van der Waals surface area (Å²) in [5.74, 6) is 1.04. The molecule has 2 unspecified atom stereocenters. The Morgan fingerprint density at radius 1 is 1.22 bits per heavy atom. The molecule has 4 heterocycles. The number of furan rings is 1. The Kier molecular flexibility index (Phi) is 7.27. The minimum atomic E-state index is -0.255. The van der Waals surface area contributed by atoms with Gasteiger partial charge in [-0.1, -0.05) is 0 Å². The molecule has 0 aliphatic carbocycles. The average Bonchev–Trinajstić information content (AvgIpc) is 3.36. The third-order valence-electron chi connectivity index (χ3n) is 6.19. The zero-order valence-electron chi connectivity index (χ0n) is 19.0. The van der Waals surface area contributed by atoms with Gasteiger partial charge in [-0.2, -0.15) is 0 Å². The molecule has 32 heavy (non-hydrogen) atoms. The van der Waals surface area contributed by atoms with Crippen LogP contribution in [0.15, 0.2) is 22.1 Å². The van der Waals surface area contributed by atoms with E-state index in [0.717, 1.165) is 45.6 Å². The Labute approximate surface area is 192 Å². The molecule has 1 N–H and O–H groups in total. The van der Waals surface area contributed by atoms with Crippen molar-refractivity contribution >= 4 is 28.3 Å². The van der Waals surface area contributed by atoms with Crippen molar-refractivity contribution in [3.8, 4) is 0 Å². The van der Waals surface area contributed by atoms with Crippen LogP contribution in [0, 0.1) is 12.8 Å². The summed E-state index contributed by atoms with van der Waals surface area (Å²) in [5, 5.41) is 5.11. The lowest BCUT2D eigenvalue weighted by atomic mass is 9.95. The molecule has 4 rings (SSSR count). The number of hydrogen-bond acceptors (Lipinski definition) is 7. The first kappa shape index (κ1) is 22.9. The van der Waals surface area contributed by atoms with Gasteiger partial charge < -0.3 is 14.1 Å². The molecule has 2 aromatic heterocycles. The van der Waals surface area contributed by atoms with Crippen LogP contribution in [0.4, 0.5) is 5.13 Å². The Morgan fingerprint density at radius 2 is 1.94 bits per heavy atom. The van der Waals surface area contributed by atoms with E-state index in [1.54, 1.807) is 13.0 Å². The minimum absolute atomic E-state index is 0.103. The summed E-state index contributed by atoms with van der Waals surface area (Å²) in [7, 11) is 0. The lowest BCUT2D eigenvalue weighted by Gasteiger charge is -2.39. The van der Waals surface area contributed by atoms with Gasteiger partial charge in [-0.25, -0.2) is 4.98 Å². The fraction of sp³-hybridized carbons (Fsp3) is 0.609. The van der Waals surface area contributed by atoms with Crippen molar-refractivity contribution in [3.05, 3.63) is 34.7 Å². The number of rotatable bonds is 6. The molecule has 2 saturated heterocycles. The van der Waals surface area contributed by atoms with Crippen molar-refractivity contribution < 1.29 is 18.7 Å². The molecule has 9 heteroatoms. The van der Waals surface area contributed by atoms with Gasteiger partial charge >= 0.3 is 0 Å². The Bertz CT molecular complexity index is 924. The van der Waals surface area contributed by atoms with E-state index in [4.69, 9.17) is 9.15 Å². The van der Waals surface area contributed by atoms with E-state index in [9.17, 15) is 9.59 Å². The number of aryl methyl sites for hydroxylation is 1. The normalized spacial score (nSPS) is 22.8. The fourth-order valence-electron chi connectivity index (χ4n) is 4.66. The number of likely N-dealkylation sites (tertiary alicyclic amines) is 1. The summed E-state index contributed by atoms with van der Waals surface area (Å²) in [6.45, 7) is 10.7. The van der Waals surface area contributed by atoms with Gasteiger partial charge in [-0.05, 0) is 45.6 Å². The van der Waals surface area contributed by atoms with Gasteiger partial charge in [0, 0.05) is 38.1 Å². The van der Waals surface area contributed by atoms with Gasteiger partial charge in [0.25, 0.3) is 5.91 Å². The molecule has 2 amide bonds. The highest BCUT2D eigenvalue weighted by Crippen LogP contribution is 2.23. The molecular formula is C23H32N4O4S. The maximum absolute atomic E-state index is 12.8. The Balaban J connectivity index is 1.22. The monoisotopic (exact) mass is 460 g/mol. The van der Waals surface area contributed by atoms with Crippen LogP contribution in [-0.4, -0.2) is 71.5 Å². The predicted octanol–water partition coefficient (Wildman–Crippen LogP) is 3.19. The predicted molar refractivity (Wildman–Crippen MR) is 123 cm³/mol. The number of ether oxygens (including phenoxy) is 1. The number of nitrogens with one attached hydrogen (secondary N) is 1. The summed E-state index contributed by atoms with van der Waals surface area (Å²) in [6, 6.07) is 1.63. The molecule has 8 nitrogen and oxygen atoms in total. The number of nitrogens with zero attached hydrogens (tertiary/aromatic N) is 3. The van der Waals surface area contributed by atoms with Gasteiger partial charge in [0.1, 0.15) is 5.76 Å². The van der Waals surface area contributed by atoms with Crippen LogP contribution in [0.5, 0.6) is 0 Å². The van der Waals surface area contributed by atoms with Gasteiger partial charge in [0.15, 0.2) is 5.13 Å². The number of carbonyl (C=O) groups excluding carboxylic acids is 2. The molecule has 174 valence electrons. The third kappa shape index (κ3) is 5.76. The van der Waals surface area contributed by atoms with E-state index in [1.807, 2.05) is 10.3 Å². The number of thiazole rings is 1. The molecule has 0 aromatic carbocycles. The summed E-state index contributed by atoms with van der Waals surface area (Å²) < 4.78 is 11.0. The van der Waals surface area contributed by atoms with Crippen molar-refractivity contribution in [2.75, 3.05) is 38.0 Å². The Morgan fingerprint density at radius 3 is 2.59 bits per heavy atom. The second kappa shape index (κ2) is 10.1. The lowest BCUT2D eigenvalue weighted by molar-refractivity contribution is -0.132. The quantitative estimate of drug-likeness (QED) is 0.712. The molecule has 0 bridgehead atoms. The molecule has 2 aliphatic heterocycles. The fourth-order valence-corrected chi connectivity index (χ4v) is 5.37. The van der Waals surface area contributed by atoms with Crippen LogP contribution in [0.2, 0.25) is 0 Å². The highest BCUT2D eigenvalue weighted by molar-refractivity contribution is 7.14. The van der Waals surface area contributed by atoms with Crippen LogP contribution in [0.3, 0.4) is 0 Å². The molecule has 0 saturated carbocycles. The molecular weight excluding hydrogens is 428 g/mol. The van der Waals surface area contributed by atoms with Crippen LogP contribution in [0.25, 0.3) is 0 Å². The van der Waals surface area contributed by atoms with Gasteiger partial charge in [0.2, 0.25) is 5.91 Å². The first-order valence-corrected chi connectivity index (χ1v) is 12.2. The summed E-state index contributed by atoms with van der Waals surface area (Å²) in [5.41, 5.74) is 1.18. The standard InChI is InChI=1S/C23H32N4O4S/c1-15-11-26(12-16(2)31-15)13-18-4-7-27(8-5-18)21(28)10-19-14-32-23(24-19)25-22(29)20-6-9-30-17(20)3/h6,9,14-16,18H,4-5,7-8,10-13H2,1-3H3,(H,24,25,29). The van der Waals surface area contributed by atoms with Crippen LogP contribution >= 0.6 is 11.3 Å². The number of morpholine rings is 1. The van der Waals surface area contributed by atoms with Crippen molar-refractivity contribution in [1.29, 1.82) is 0 Å². The lowest BCUT2D eigenvalue weighted by Crippen LogP contribution is -2.48. The van der Waals surface area contributed by atoms with Crippen LogP contribution < -0.4 is 5.32 Å². The number of hydrogen-bond donors (Lipinski definition) is 1. The maximum atomic E-state index is 12.8. The van der Waals surface area contributed by atoms with Crippen molar-refractivity contribution in [3.63, 3.8) is 0 Å². The number of piperidine rings is 1. The SMILES string of the molecule is Cc1occc1C(=O)Nc1nc(CC(=O)N2CCC(CN3CC(C)OC(C)C3)CC2)cs1. The second-order valence-corrected chi connectivity index (χ2v) is 9.82. The van der Waals surface area contributed by atoms with Crippen molar-refractivity contribution in [2.45, 2.75) is 52.2 Å². The van der Waals surface area contributed by atoms with Crippen LogP contribution in [0.1, 0.15) is 48.5 Å². The highest BCUT2D eigenvalue weighted by Gasteiger charge is 2.28. The highest BCUT2D eigenvalue weighted by atomic mass is 32.1. The molecule has 2 aromatic rings. The topological polar surface area (TPSA) is 87.9 Å². The number of carbonyl (C=O) groups is 2. The molecule has 0 radical (unpaired) electrons. The molecule has 0 spiro atoms. The molecule has 2 fully saturated rings. The summed E-state index contributed by atoms with van der Waals surface area (Å²) in [6.07, 6.45) is 4.40. The molecule has 2 aliphatic rings. The number of aromatic nitrogens is 1. The van der Waals surface area contributed by atoms with Crippen LogP contribution in [-0.2, 0) is 16.0 Å². The van der Waals surface area contributed by atoms with E-state index in [1.165, 1.54) is 17.6 Å². The van der Waals surface area contributed by atoms with E-state index >= 15 is 0 Å². The maximum Gasteiger partial charge on any atom is 0.260 e.